The van der Waals surface area contributed by atoms with Gasteiger partial charge in [-0.1, -0.05) is 61.3 Å². The van der Waals surface area contributed by atoms with Crippen molar-refractivity contribution in [1.82, 2.24) is 10.2 Å². The number of hydrogen-bond acceptors (Lipinski definition) is 3. The van der Waals surface area contributed by atoms with Gasteiger partial charge in [-0.15, -0.1) is 0 Å². The van der Waals surface area contributed by atoms with Crippen LogP contribution in [0.15, 0.2) is 0 Å². The van der Waals surface area contributed by atoms with Crippen molar-refractivity contribution in [2.45, 2.75) is 93.0 Å². The van der Waals surface area contributed by atoms with Gasteiger partial charge in [-0.3, -0.25) is 4.79 Å². The number of methoxy groups -OCH3 is 1. The van der Waals surface area contributed by atoms with Gasteiger partial charge in [0.1, 0.15) is 0 Å². The first kappa shape index (κ1) is 27.6. The molecule has 0 radical (unpaired) electrons. The molecule has 1 heterocycles. The number of nitrogens with one attached hydrogen (secondary N) is 1. The van der Waals surface area contributed by atoms with Crippen molar-refractivity contribution in [3.63, 3.8) is 0 Å². The molecule has 0 unspecified atom stereocenters. The largest absolute Gasteiger partial charge is 0.383 e. The van der Waals surface area contributed by atoms with Gasteiger partial charge in [-0.2, -0.15) is 0 Å². The summed E-state index contributed by atoms with van der Waals surface area (Å²) in [7, 11) is 1.76. The second-order valence-electron chi connectivity index (χ2n) is 7.15. The Morgan fingerprint density at radius 2 is 1.62 bits per heavy atom. The summed E-state index contributed by atoms with van der Waals surface area (Å²) >= 11 is 0. The van der Waals surface area contributed by atoms with Gasteiger partial charge >= 0.3 is 0 Å². The van der Waals surface area contributed by atoms with Crippen LogP contribution in [0.5, 0.6) is 0 Å². The summed E-state index contributed by atoms with van der Waals surface area (Å²) in [6.45, 7) is 19.0. The van der Waals surface area contributed by atoms with E-state index in [1.54, 1.807) is 7.11 Å². The van der Waals surface area contributed by atoms with Crippen molar-refractivity contribution in [3.8, 4) is 0 Å². The monoisotopic (exact) mass is 372 g/mol. The lowest BCUT2D eigenvalue weighted by atomic mass is 9.60. The van der Waals surface area contributed by atoms with Crippen molar-refractivity contribution in [2.24, 2.45) is 11.3 Å². The van der Waals surface area contributed by atoms with Crippen LogP contribution in [-0.4, -0.2) is 50.7 Å². The van der Waals surface area contributed by atoms with E-state index in [0.29, 0.717) is 11.5 Å². The quantitative estimate of drug-likeness (QED) is 0.631. The topological polar surface area (TPSA) is 41.6 Å². The highest BCUT2D eigenvalue weighted by atomic mass is 16.5. The molecule has 1 amide bonds. The highest BCUT2D eigenvalue weighted by Gasteiger charge is 2.45. The second kappa shape index (κ2) is 17.8. The summed E-state index contributed by atoms with van der Waals surface area (Å²) in [5.74, 6) is 0.935. The Morgan fingerprint density at radius 1 is 1.12 bits per heavy atom. The maximum absolute atomic E-state index is 10.3. The predicted molar refractivity (Wildman–Crippen MR) is 115 cm³/mol. The maximum atomic E-state index is 10.3. The van der Waals surface area contributed by atoms with Gasteiger partial charge in [0, 0.05) is 19.7 Å². The van der Waals surface area contributed by atoms with Crippen molar-refractivity contribution in [1.29, 1.82) is 0 Å². The van der Waals surface area contributed by atoms with Gasteiger partial charge in [-0.05, 0) is 50.1 Å². The standard InChI is InChI=1S/C12H22N2O2.C6H14.2C2H6/c1-16-7-6-14-4-2-12(3-5-14)8-11(9-12)13-10-15;1-4-6(3)5-2;2*1-2/h10-11H,2-9H2,1H3,(H,13,15);6H,4-5H2,1-3H3;2*1-2H3. The number of nitrogens with zero attached hydrogens (tertiary/aromatic N) is 1. The number of carbonyl (C=O) groups excluding carboxylic acids is 1. The molecule has 158 valence electrons. The van der Waals surface area contributed by atoms with Crippen LogP contribution in [0.2, 0.25) is 0 Å². The normalized spacial score (nSPS) is 18.3. The molecule has 1 saturated carbocycles. The zero-order valence-corrected chi connectivity index (χ0v) is 19.1. The average molecular weight is 373 g/mol. The Kier molecular flexibility index (Phi) is 18.9. The van der Waals surface area contributed by atoms with Gasteiger partial charge in [0.15, 0.2) is 0 Å². The van der Waals surface area contributed by atoms with Crippen LogP contribution < -0.4 is 5.32 Å². The van der Waals surface area contributed by atoms with Gasteiger partial charge < -0.3 is 15.0 Å². The van der Waals surface area contributed by atoms with Crippen LogP contribution in [0.25, 0.3) is 0 Å². The van der Waals surface area contributed by atoms with E-state index in [1.807, 2.05) is 27.7 Å². The van der Waals surface area contributed by atoms with Gasteiger partial charge in [-0.25, -0.2) is 0 Å². The highest BCUT2D eigenvalue weighted by Crippen LogP contribution is 2.48. The highest BCUT2D eigenvalue weighted by molar-refractivity contribution is 5.47. The molecule has 0 aromatic rings. The number of rotatable bonds is 7. The van der Waals surface area contributed by atoms with E-state index < -0.39 is 0 Å². The first-order chi connectivity index (χ1) is 12.6. The Labute approximate surface area is 164 Å². The predicted octanol–water partition coefficient (Wildman–Crippen LogP) is 5.12. The Balaban J connectivity index is 0. The van der Waals surface area contributed by atoms with Crippen LogP contribution in [0.4, 0.5) is 0 Å². The summed E-state index contributed by atoms with van der Waals surface area (Å²) in [6, 6.07) is 0.447. The molecule has 1 saturated heterocycles. The van der Waals surface area contributed by atoms with Crippen molar-refractivity contribution in [2.75, 3.05) is 33.4 Å². The molecule has 2 rings (SSSR count). The summed E-state index contributed by atoms with van der Waals surface area (Å²) < 4.78 is 5.10. The molecule has 1 N–H and O–H groups in total. The van der Waals surface area contributed by atoms with Crippen LogP contribution in [0.1, 0.15) is 87.0 Å². The molecule has 1 aliphatic carbocycles. The van der Waals surface area contributed by atoms with Crippen molar-refractivity contribution < 1.29 is 9.53 Å². The molecule has 0 aromatic heterocycles. The van der Waals surface area contributed by atoms with E-state index in [9.17, 15) is 4.79 Å². The van der Waals surface area contributed by atoms with Crippen LogP contribution in [0, 0.1) is 11.3 Å². The Hall–Kier alpha value is -0.610. The number of likely N-dealkylation sites (tertiary alicyclic amines) is 1. The molecule has 4 heteroatoms. The minimum Gasteiger partial charge on any atom is -0.383 e. The van der Waals surface area contributed by atoms with Gasteiger partial charge in [0.25, 0.3) is 0 Å². The first-order valence-electron chi connectivity index (χ1n) is 11.0. The Bertz CT molecular complexity index is 291. The zero-order chi connectivity index (χ0) is 20.4. The first-order valence-corrected chi connectivity index (χ1v) is 11.0. The lowest BCUT2D eigenvalue weighted by Gasteiger charge is -2.52. The van der Waals surface area contributed by atoms with Crippen molar-refractivity contribution >= 4 is 6.41 Å². The zero-order valence-electron chi connectivity index (χ0n) is 19.1. The minimum absolute atomic E-state index is 0.447. The SMILES string of the molecule is CC.CC.CCC(C)CC.COCCN1CCC2(CC1)CC(NC=O)C2. The van der Waals surface area contributed by atoms with Crippen molar-refractivity contribution in [3.05, 3.63) is 0 Å². The number of piperidine rings is 1. The summed E-state index contributed by atoms with van der Waals surface area (Å²) in [4.78, 5) is 12.8. The van der Waals surface area contributed by atoms with E-state index in [2.05, 4.69) is 31.0 Å². The van der Waals surface area contributed by atoms with E-state index >= 15 is 0 Å². The lowest BCUT2D eigenvalue weighted by Crippen LogP contribution is -2.53. The van der Waals surface area contributed by atoms with Gasteiger partial charge in [0.2, 0.25) is 6.41 Å². The molecule has 26 heavy (non-hydrogen) atoms. The molecule has 4 nitrogen and oxygen atoms in total. The maximum Gasteiger partial charge on any atom is 0.207 e. The van der Waals surface area contributed by atoms with Gasteiger partial charge in [0.05, 0.1) is 6.61 Å². The van der Waals surface area contributed by atoms with E-state index in [1.165, 1.54) is 51.6 Å². The molecule has 2 aliphatic rings. The molecule has 1 spiro atoms. The minimum atomic E-state index is 0.447. The molecule has 0 atom stereocenters. The third-order valence-electron chi connectivity index (χ3n) is 5.58. The summed E-state index contributed by atoms with van der Waals surface area (Å²) in [6.07, 6.45) is 8.44. The molecular formula is C22H48N2O2. The molecule has 2 fully saturated rings. The van der Waals surface area contributed by atoms with E-state index in [4.69, 9.17) is 4.74 Å². The number of ether oxygens (including phenoxy) is 1. The molecule has 0 bridgehead atoms. The van der Waals surface area contributed by atoms with E-state index in [-0.39, 0.29) is 0 Å². The number of amides is 1. The fourth-order valence-corrected chi connectivity index (χ4v) is 3.37. The van der Waals surface area contributed by atoms with Crippen LogP contribution in [-0.2, 0) is 9.53 Å². The van der Waals surface area contributed by atoms with Crippen LogP contribution >= 0.6 is 0 Å². The number of carbonyl (C=O) groups is 1. The molecule has 0 aromatic carbocycles. The van der Waals surface area contributed by atoms with Crippen LogP contribution in [0.3, 0.4) is 0 Å². The molecular weight excluding hydrogens is 324 g/mol. The summed E-state index contributed by atoms with van der Waals surface area (Å²) in [5, 5.41) is 2.88. The fraction of sp³-hybridized carbons (Fsp3) is 0.955. The lowest BCUT2D eigenvalue weighted by molar-refractivity contribution is -0.112. The third-order valence-corrected chi connectivity index (χ3v) is 5.58. The smallest absolute Gasteiger partial charge is 0.207 e. The Morgan fingerprint density at radius 3 is 1.96 bits per heavy atom. The summed E-state index contributed by atoms with van der Waals surface area (Å²) in [5.41, 5.74) is 0.546. The molecule has 1 aliphatic heterocycles. The second-order valence-corrected chi connectivity index (χ2v) is 7.15. The van der Waals surface area contributed by atoms with E-state index in [0.717, 1.165) is 25.5 Å². The number of hydrogen-bond donors (Lipinski definition) is 1. The third kappa shape index (κ3) is 11.2. The average Bonchev–Trinajstić information content (AvgIpc) is 2.69. The fourth-order valence-electron chi connectivity index (χ4n) is 3.37.